The third-order valence-corrected chi connectivity index (χ3v) is 4.95. The Balaban J connectivity index is 1.67. The number of benzene rings is 1. The second-order valence-corrected chi connectivity index (χ2v) is 6.22. The minimum absolute atomic E-state index is 0.625. The molecule has 0 aliphatic carbocycles. The lowest BCUT2D eigenvalue weighted by Gasteiger charge is -2.32. The van der Waals surface area contributed by atoms with Gasteiger partial charge in [0.15, 0.2) is 0 Å². The van der Waals surface area contributed by atoms with Gasteiger partial charge in [-0.1, -0.05) is 6.07 Å². The number of piperidine rings is 1. The molecule has 2 fully saturated rings. The monoisotopic (exact) mass is 267 g/mol. The average molecular weight is 267 g/mol. The van der Waals surface area contributed by atoms with Crippen LogP contribution in [-0.2, 0) is 0 Å². The largest absolute Gasteiger partial charge is 0.381 e. The SMILES string of the molecule is Cc1ccc(NC2CCN3CCC2C3)c2cccnc12. The van der Waals surface area contributed by atoms with Gasteiger partial charge >= 0.3 is 0 Å². The summed E-state index contributed by atoms with van der Waals surface area (Å²) in [6.07, 6.45) is 4.49. The number of nitrogens with one attached hydrogen (secondary N) is 1. The highest BCUT2D eigenvalue weighted by Crippen LogP contribution is 2.32. The van der Waals surface area contributed by atoms with Gasteiger partial charge in [0, 0.05) is 36.4 Å². The molecule has 3 nitrogen and oxygen atoms in total. The first kappa shape index (κ1) is 12.2. The van der Waals surface area contributed by atoms with Crippen molar-refractivity contribution in [2.75, 3.05) is 25.0 Å². The van der Waals surface area contributed by atoms with Gasteiger partial charge in [-0.25, -0.2) is 0 Å². The summed E-state index contributed by atoms with van der Waals surface area (Å²) in [6, 6.07) is 9.24. The van der Waals surface area contributed by atoms with Gasteiger partial charge in [0.2, 0.25) is 0 Å². The zero-order chi connectivity index (χ0) is 13.5. The highest BCUT2D eigenvalue weighted by atomic mass is 15.2. The van der Waals surface area contributed by atoms with E-state index in [1.807, 2.05) is 12.3 Å². The number of hydrogen-bond donors (Lipinski definition) is 1. The fourth-order valence-electron chi connectivity index (χ4n) is 3.78. The molecule has 3 heterocycles. The number of hydrogen-bond acceptors (Lipinski definition) is 3. The van der Waals surface area contributed by atoms with Gasteiger partial charge in [-0.3, -0.25) is 4.98 Å². The first-order valence-electron chi connectivity index (χ1n) is 7.64. The van der Waals surface area contributed by atoms with E-state index in [9.17, 15) is 0 Å². The Morgan fingerprint density at radius 2 is 2.10 bits per heavy atom. The third-order valence-electron chi connectivity index (χ3n) is 4.95. The fraction of sp³-hybridized carbons (Fsp3) is 0.471. The van der Waals surface area contributed by atoms with Gasteiger partial charge in [-0.05, 0) is 56.0 Å². The second-order valence-electron chi connectivity index (χ2n) is 6.22. The zero-order valence-corrected chi connectivity index (χ0v) is 12.0. The van der Waals surface area contributed by atoms with Crippen LogP contribution in [0.1, 0.15) is 18.4 Å². The quantitative estimate of drug-likeness (QED) is 0.906. The summed E-state index contributed by atoms with van der Waals surface area (Å²) in [6.45, 7) is 5.95. The molecule has 1 aromatic carbocycles. The molecule has 0 radical (unpaired) electrons. The van der Waals surface area contributed by atoms with E-state index < -0.39 is 0 Å². The van der Waals surface area contributed by atoms with Crippen LogP contribution in [0.3, 0.4) is 0 Å². The lowest BCUT2D eigenvalue weighted by molar-refractivity contribution is 0.255. The Morgan fingerprint density at radius 1 is 1.20 bits per heavy atom. The van der Waals surface area contributed by atoms with E-state index in [2.05, 4.69) is 40.3 Å². The molecule has 0 saturated carbocycles. The number of nitrogens with zero attached hydrogens (tertiary/aromatic N) is 2. The molecule has 2 aliphatic rings. The topological polar surface area (TPSA) is 28.2 Å². The molecule has 2 bridgehead atoms. The Labute approximate surface area is 120 Å². The number of aryl methyl sites for hydroxylation is 1. The highest BCUT2D eigenvalue weighted by Gasteiger charge is 2.34. The van der Waals surface area contributed by atoms with Gasteiger partial charge in [0.25, 0.3) is 0 Å². The van der Waals surface area contributed by atoms with Gasteiger partial charge in [0.05, 0.1) is 5.52 Å². The lowest BCUT2D eigenvalue weighted by Crippen LogP contribution is -2.39. The van der Waals surface area contributed by atoms with Crippen LogP contribution in [0.25, 0.3) is 10.9 Å². The Kier molecular flexibility index (Phi) is 2.88. The molecule has 0 amide bonds. The van der Waals surface area contributed by atoms with Crippen LogP contribution in [0.5, 0.6) is 0 Å². The van der Waals surface area contributed by atoms with Crippen molar-refractivity contribution in [3.05, 3.63) is 36.0 Å². The van der Waals surface area contributed by atoms with Gasteiger partial charge in [0.1, 0.15) is 0 Å². The summed E-state index contributed by atoms with van der Waals surface area (Å²) in [5.41, 5.74) is 3.63. The van der Waals surface area contributed by atoms with E-state index in [-0.39, 0.29) is 0 Å². The summed E-state index contributed by atoms with van der Waals surface area (Å²) in [4.78, 5) is 7.13. The normalized spacial score (nSPS) is 28.8. The molecule has 4 rings (SSSR count). The lowest BCUT2D eigenvalue weighted by atomic mass is 9.93. The molecule has 3 unspecified atom stereocenters. The molecule has 1 N–H and O–H groups in total. The molecule has 2 aromatic rings. The van der Waals surface area contributed by atoms with E-state index in [0.717, 1.165) is 11.4 Å². The fourth-order valence-corrected chi connectivity index (χ4v) is 3.78. The maximum Gasteiger partial charge on any atom is 0.0751 e. The van der Waals surface area contributed by atoms with Crippen LogP contribution in [-0.4, -0.2) is 35.6 Å². The Hall–Kier alpha value is -1.61. The van der Waals surface area contributed by atoms with E-state index in [1.165, 1.54) is 49.1 Å². The van der Waals surface area contributed by atoms with Crippen LogP contribution < -0.4 is 5.32 Å². The summed E-state index contributed by atoms with van der Waals surface area (Å²) >= 11 is 0. The Bertz CT molecular complexity index is 637. The van der Waals surface area contributed by atoms with Crippen LogP contribution in [0, 0.1) is 12.8 Å². The molecule has 1 aromatic heterocycles. The number of rotatable bonds is 2. The third kappa shape index (κ3) is 1.97. The predicted octanol–water partition coefficient (Wildman–Crippen LogP) is 3.05. The summed E-state index contributed by atoms with van der Waals surface area (Å²) < 4.78 is 0. The van der Waals surface area contributed by atoms with Crippen LogP contribution in [0.4, 0.5) is 5.69 Å². The average Bonchev–Trinajstić information content (AvgIpc) is 2.87. The van der Waals surface area contributed by atoms with Gasteiger partial charge < -0.3 is 10.2 Å². The summed E-state index contributed by atoms with van der Waals surface area (Å²) in [5.74, 6) is 0.816. The standard InChI is InChI=1S/C17H21N3/c1-12-4-5-16(14-3-2-8-18-17(12)14)19-15-7-10-20-9-6-13(15)11-20/h2-5,8,13,15,19H,6-7,9-11H2,1H3. The number of fused-ring (bicyclic) bond motifs is 3. The number of anilines is 1. The van der Waals surface area contributed by atoms with Gasteiger partial charge in [-0.2, -0.15) is 0 Å². The molecular formula is C17H21N3. The van der Waals surface area contributed by atoms with Crippen molar-refractivity contribution in [2.45, 2.75) is 25.8 Å². The second kappa shape index (κ2) is 4.74. The van der Waals surface area contributed by atoms with E-state index in [4.69, 9.17) is 0 Å². The predicted molar refractivity (Wildman–Crippen MR) is 83.1 cm³/mol. The first-order valence-corrected chi connectivity index (χ1v) is 7.64. The van der Waals surface area contributed by atoms with Crippen molar-refractivity contribution in [3.8, 4) is 0 Å². The van der Waals surface area contributed by atoms with E-state index in [1.54, 1.807) is 0 Å². The smallest absolute Gasteiger partial charge is 0.0751 e. The first-order chi connectivity index (χ1) is 9.81. The van der Waals surface area contributed by atoms with Crippen molar-refractivity contribution >= 4 is 16.6 Å². The minimum Gasteiger partial charge on any atom is -0.381 e. The van der Waals surface area contributed by atoms with Crippen molar-refractivity contribution in [3.63, 3.8) is 0 Å². The van der Waals surface area contributed by atoms with Crippen molar-refractivity contribution in [2.24, 2.45) is 5.92 Å². The van der Waals surface area contributed by atoms with E-state index in [0.29, 0.717) is 6.04 Å². The Morgan fingerprint density at radius 3 is 3.05 bits per heavy atom. The van der Waals surface area contributed by atoms with Crippen LogP contribution >= 0.6 is 0 Å². The maximum atomic E-state index is 4.53. The molecule has 2 aliphatic heterocycles. The van der Waals surface area contributed by atoms with Crippen molar-refractivity contribution in [1.82, 2.24) is 9.88 Å². The molecular weight excluding hydrogens is 246 g/mol. The van der Waals surface area contributed by atoms with Crippen LogP contribution in [0.15, 0.2) is 30.5 Å². The summed E-state index contributed by atoms with van der Waals surface area (Å²) in [5, 5.41) is 5.07. The number of pyridine rings is 1. The number of aromatic nitrogens is 1. The zero-order valence-electron chi connectivity index (χ0n) is 12.0. The minimum atomic E-state index is 0.625. The summed E-state index contributed by atoms with van der Waals surface area (Å²) in [7, 11) is 0. The molecule has 2 saturated heterocycles. The van der Waals surface area contributed by atoms with Crippen LogP contribution in [0.2, 0.25) is 0 Å². The van der Waals surface area contributed by atoms with Gasteiger partial charge in [-0.15, -0.1) is 0 Å². The van der Waals surface area contributed by atoms with E-state index >= 15 is 0 Å². The van der Waals surface area contributed by atoms with Crippen molar-refractivity contribution < 1.29 is 0 Å². The maximum absolute atomic E-state index is 4.53. The molecule has 3 heteroatoms. The molecule has 0 spiro atoms. The molecule has 3 atom stereocenters. The molecule has 104 valence electrons. The van der Waals surface area contributed by atoms with Crippen molar-refractivity contribution in [1.29, 1.82) is 0 Å². The molecule has 20 heavy (non-hydrogen) atoms. The highest BCUT2D eigenvalue weighted by molar-refractivity contribution is 5.93.